The zero-order valence-electron chi connectivity index (χ0n) is 26.2. The second-order valence-electron chi connectivity index (χ2n) is 11.0. The molecular weight excluding hydrogens is 678 g/mol. The van der Waals surface area contributed by atoms with Crippen molar-refractivity contribution in [3.63, 3.8) is 0 Å². The molecule has 0 aliphatic heterocycles. The molecule has 0 saturated heterocycles. The number of halogens is 3. The number of anilines is 1. The number of carbonyl (C=O) groups is 2. The summed E-state index contributed by atoms with van der Waals surface area (Å²) in [6.45, 7) is 6.92. The van der Waals surface area contributed by atoms with Crippen molar-refractivity contribution < 1.29 is 46.4 Å². The first kappa shape index (κ1) is 36.7. The number of carboxylic acid groups (broad SMARTS) is 1. The molecule has 0 radical (unpaired) electrons. The summed E-state index contributed by atoms with van der Waals surface area (Å²) in [6.07, 6.45) is -1.99. The predicted molar refractivity (Wildman–Crippen MR) is 173 cm³/mol. The van der Waals surface area contributed by atoms with Crippen molar-refractivity contribution in [2.45, 2.75) is 46.3 Å². The highest BCUT2D eigenvalue weighted by atomic mass is 32.1. The molecule has 48 heavy (non-hydrogen) atoms. The summed E-state index contributed by atoms with van der Waals surface area (Å²) in [5.41, 5.74) is -1.59. The van der Waals surface area contributed by atoms with Gasteiger partial charge < -0.3 is 19.9 Å². The number of hydrogen-bond acceptors (Lipinski definition) is 9. The van der Waals surface area contributed by atoms with Crippen LogP contribution < -0.4 is 16.1 Å². The van der Waals surface area contributed by atoms with Crippen LogP contribution >= 0.6 is 19.2 Å². The highest BCUT2D eigenvalue weighted by molar-refractivity contribution is 7.47. The molecule has 1 aromatic carbocycles. The third-order valence-corrected chi connectivity index (χ3v) is 8.77. The van der Waals surface area contributed by atoms with Crippen molar-refractivity contribution in [1.82, 2.24) is 19.9 Å². The number of aromatic carboxylic acids is 1. The van der Waals surface area contributed by atoms with Crippen molar-refractivity contribution >= 4 is 47.9 Å². The Morgan fingerprint density at radius 2 is 1.83 bits per heavy atom. The number of phosphoric ester groups is 1. The van der Waals surface area contributed by atoms with E-state index in [1.165, 1.54) is 29.0 Å². The van der Waals surface area contributed by atoms with Gasteiger partial charge in [-0.3, -0.25) is 19.2 Å². The SMILES string of the molecule is CCNC(=O)Nc1cc(-c2nc(C(F)(F)F)cs2)c(-c2ccc3c(c2)c(=O)c(C(=O)O)cn3[C@@H](CC)COP(=O)(O)OCC(C)C)cn1. The quantitative estimate of drug-likeness (QED) is 0.108. The first-order valence-corrected chi connectivity index (χ1v) is 17.0. The predicted octanol–water partition coefficient (Wildman–Crippen LogP) is 6.79. The van der Waals surface area contributed by atoms with E-state index >= 15 is 0 Å². The molecule has 0 aliphatic rings. The van der Waals surface area contributed by atoms with Gasteiger partial charge in [0.05, 0.1) is 24.8 Å². The van der Waals surface area contributed by atoms with Crippen LogP contribution in [0.4, 0.5) is 23.8 Å². The Morgan fingerprint density at radius 1 is 1.12 bits per heavy atom. The van der Waals surface area contributed by atoms with E-state index in [1.54, 1.807) is 33.8 Å². The normalized spacial score (nSPS) is 13.8. The Morgan fingerprint density at radius 3 is 2.44 bits per heavy atom. The van der Waals surface area contributed by atoms with Crippen LogP contribution in [-0.2, 0) is 19.8 Å². The molecule has 0 spiro atoms. The lowest BCUT2D eigenvalue weighted by atomic mass is 9.99. The van der Waals surface area contributed by atoms with E-state index in [0.29, 0.717) is 24.3 Å². The molecule has 1 unspecified atom stereocenters. The molecule has 0 fully saturated rings. The molecule has 4 N–H and O–H groups in total. The number of benzene rings is 1. The maximum absolute atomic E-state index is 13.5. The molecule has 4 aromatic rings. The molecule has 4 rings (SSSR count). The van der Waals surface area contributed by atoms with Gasteiger partial charge in [0.2, 0.25) is 5.43 Å². The van der Waals surface area contributed by atoms with E-state index in [0.717, 1.165) is 11.6 Å². The Balaban J connectivity index is 1.85. The van der Waals surface area contributed by atoms with E-state index < -0.39 is 48.7 Å². The van der Waals surface area contributed by atoms with Gasteiger partial charge in [-0.1, -0.05) is 26.8 Å². The van der Waals surface area contributed by atoms with Crippen molar-refractivity contribution in [3.05, 3.63) is 63.5 Å². The van der Waals surface area contributed by atoms with Gasteiger partial charge >= 0.3 is 26.0 Å². The van der Waals surface area contributed by atoms with Gasteiger partial charge in [0.1, 0.15) is 16.4 Å². The number of fused-ring (bicyclic) bond motifs is 1. The zero-order valence-corrected chi connectivity index (χ0v) is 27.9. The molecule has 18 heteroatoms. The number of phosphoric acid groups is 1. The molecule has 258 valence electrons. The molecule has 0 saturated carbocycles. The van der Waals surface area contributed by atoms with Crippen LogP contribution in [0, 0.1) is 5.92 Å². The summed E-state index contributed by atoms with van der Waals surface area (Å²) in [5.74, 6) is -1.54. The minimum atomic E-state index is -4.71. The van der Waals surface area contributed by atoms with Gasteiger partial charge in [0.25, 0.3) is 0 Å². The van der Waals surface area contributed by atoms with Gasteiger partial charge in [0.15, 0.2) is 5.69 Å². The molecule has 2 amide bonds. The van der Waals surface area contributed by atoms with E-state index in [1.807, 2.05) is 0 Å². The Bertz CT molecular complexity index is 1930. The minimum absolute atomic E-state index is 0.0177. The highest BCUT2D eigenvalue weighted by Crippen LogP contribution is 2.45. The fraction of sp³-hybridized carbons (Fsp3) is 0.367. The lowest BCUT2D eigenvalue weighted by Crippen LogP contribution is -2.28. The number of urea groups is 1. The summed E-state index contributed by atoms with van der Waals surface area (Å²) >= 11 is 0.713. The van der Waals surface area contributed by atoms with Gasteiger partial charge in [-0.25, -0.2) is 24.1 Å². The first-order chi connectivity index (χ1) is 22.5. The summed E-state index contributed by atoms with van der Waals surface area (Å²) < 4.78 is 64.5. The average molecular weight is 712 g/mol. The highest BCUT2D eigenvalue weighted by Gasteiger charge is 2.34. The summed E-state index contributed by atoms with van der Waals surface area (Å²) in [7, 11) is -4.45. The number of amides is 2. The largest absolute Gasteiger partial charge is 0.477 e. The van der Waals surface area contributed by atoms with Crippen molar-refractivity contribution in [2.75, 3.05) is 25.1 Å². The lowest BCUT2D eigenvalue weighted by Gasteiger charge is -2.23. The number of nitrogens with one attached hydrogen (secondary N) is 2. The minimum Gasteiger partial charge on any atom is -0.477 e. The van der Waals surface area contributed by atoms with Gasteiger partial charge in [-0.15, -0.1) is 11.3 Å². The lowest BCUT2D eigenvalue weighted by molar-refractivity contribution is -0.140. The molecule has 2 atom stereocenters. The van der Waals surface area contributed by atoms with Crippen LogP contribution in [0.25, 0.3) is 32.6 Å². The van der Waals surface area contributed by atoms with E-state index in [9.17, 15) is 42.1 Å². The second-order valence-corrected chi connectivity index (χ2v) is 13.3. The average Bonchev–Trinajstić information content (AvgIpc) is 3.52. The monoisotopic (exact) mass is 711 g/mol. The Hall–Kier alpha value is -4.15. The van der Waals surface area contributed by atoms with Crippen molar-refractivity contribution in [3.8, 4) is 21.7 Å². The third kappa shape index (κ3) is 8.65. The fourth-order valence-electron chi connectivity index (χ4n) is 4.61. The Kier molecular flexibility index (Phi) is 11.4. The summed E-state index contributed by atoms with van der Waals surface area (Å²) in [4.78, 5) is 55.9. The molecule has 0 bridgehead atoms. The smallest absolute Gasteiger partial charge is 0.472 e. The molecule has 13 nitrogen and oxygen atoms in total. The topological polar surface area (TPSA) is 182 Å². The van der Waals surface area contributed by atoms with Gasteiger partial charge in [0, 0.05) is 40.8 Å². The number of carboxylic acids is 1. The standard InChI is InChI=1S/C30H33F3N5O8PS/c1-5-18(14-46-47(43,44)45-13-16(3)4)38-12-22(28(40)41)26(39)20-9-17(7-8-23(20)38)21-11-35-25(37-29(42)34-6-2)10-19(21)27-36-24(15-48-27)30(31,32)33/h7-12,15-16,18H,5-6,13-14H2,1-4H3,(H,40,41)(H,43,44)(H2,34,35,37,42)/t18-/m0/s1. The molecular formula is C30H33F3N5O8PS. The number of carbonyl (C=O) groups excluding carboxylic acids is 1. The van der Waals surface area contributed by atoms with Gasteiger partial charge in [-0.2, -0.15) is 13.2 Å². The number of alkyl halides is 3. The summed E-state index contributed by atoms with van der Waals surface area (Å²) in [6, 6.07) is 4.50. The van der Waals surface area contributed by atoms with Crippen LogP contribution in [0.3, 0.4) is 0 Å². The van der Waals surface area contributed by atoms with Crippen molar-refractivity contribution in [1.29, 1.82) is 0 Å². The van der Waals surface area contributed by atoms with E-state index in [2.05, 4.69) is 20.6 Å². The number of rotatable bonds is 13. The zero-order chi connectivity index (χ0) is 35.4. The van der Waals surface area contributed by atoms with Gasteiger partial charge in [-0.05, 0) is 43.0 Å². The molecule has 0 aliphatic carbocycles. The van der Waals surface area contributed by atoms with Crippen LogP contribution in [0.1, 0.15) is 56.2 Å². The number of thiazole rings is 1. The third-order valence-electron chi connectivity index (χ3n) is 6.95. The van der Waals surface area contributed by atoms with E-state index in [4.69, 9.17) is 9.05 Å². The van der Waals surface area contributed by atoms with Crippen LogP contribution in [0.5, 0.6) is 0 Å². The van der Waals surface area contributed by atoms with Crippen LogP contribution in [0.15, 0.2) is 46.8 Å². The number of hydrogen-bond donors (Lipinski definition) is 4. The molecule has 3 aromatic heterocycles. The summed E-state index contributed by atoms with van der Waals surface area (Å²) in [5, 5.41) is 15.7. The maximum atomic E-state index is 13.5. The Labute approximate surface area is 276 Å². The fourth-order valence-corrected chi connectivity index (χ4v) is 6.39. The van der Waals surface area contributed by atoms with E-state index in [-0.39, 0.29) is 57.6 Å². The first-order valence-electron chi connectivity index (χ1n) is 14.7. The number of aromatic nitrogens is 3. The number of pyridine rings is 2. The van der Waals surface area contributed by atoms with Crippen LogP contribution in [0.2, 0.25) is 0 Å². The second kappa shape index (κ2) is 15.0. The van der Waals surface area contributed by atoms with Crippen molar-refractivity contribution in [2.24, 2.45) is 5.92 Å². The van der Waals surface area contributed by atoms with Crippen LogP contribution in [-0.4, -0.2) is 56.3 Å². The molecule has 3 heterocycles. The maximum Gasteiger partial charge on any atom is 0.472 e. The number of nitrogens with zero attached hydrogens (tertiary/aromatic N) is 3.